The van der Waals surface area contributed by atoms with Crippen LogP contribution in [0.4, 0.5) is 50.4 Å². The number of halogens is 5. The van der Waals surface area contributed by atoms with Crippen molar-refractivity contribution in [3.05, 3.63) is 300 Å². The Morgan fingerprint density at radius 2 is 0.700 bits per heavy atom. The van der Waals surface area contributed by atoms with Gasteiger partial charge in [0, 0.05) is 198 Å². The number of piperazine rings is 1. The Bertz CT molecular complexity index is 7610. The molecule has 5 fully saturated rings. The molecule has 0 radical (unpaired) electrons. The van der Waals surface area contributed by atoms with Gasteiger partial charge in [0.15, 0.2) is 57.7 Å². The van der Waals surface area contributed by atoms with Crippen LogP contribution in [0.3, 0.4) is 0 Å². The van der Waals surface area contributed by atoms with E-state index in [2.05, 4.69) is 79.1 Å². The summed E-state index contributed by atoms with van der Waals surface area (Å²) in [6.07, 6.45) is 17.2. The molecule has 4 aromatic carbocycles. The van der Waals surface area contributed by atoms with E-state index in [0.29, 0.717) is 110 Å². The van der Waals surface area contributed by atoms with Crippen LogP contribution in [0.15, 0.2) is 237 Å². The fourth-order valence-electron chi connectivity index (χ4n) is 18.1. The Hall–Kier alpha value is -15.0. The Labute approximate surface area is 801 Å². The lowest BCUT2D eigenvalue weighted by atomic mass is 10.1. The lowest BCUT2D eigenvalue weighted by Gasteiger charge is -2.33. The van der Waals surface area contributed by atoms with E-state index >= 15 is 0 Å². The molecule has 37 heteroatoms. The molecule has 17 heterocycles. The molecule has 21 rings (SSSR count). The third-order valence-electron chi connectivity index (χ3n) is 26.1. The number of β-amino-alcohol motifs (C(OH)–C–C–N with tert-alkyl or cyclic N) is 1. The number of hydrogen-bond donors (Lipinski definition) is 4. The summed E-state index contributed by atoms with van der Waals surface area (Å²) in [5, 5.41) is 16.9. The van der Waals surface area contributed by atoms with Crippen molar-refractivity contribution in [1.82, 2.24) is 76.7 Å². The van der Waals surface area contributed by atoms with Gasteiger partial charge in [0.1, 0.15) is 28.2 Å². The molecule has 0 spiro atoms. The number of imidazole rings is 1. The molecule has 16 aromatic rings. The van der Waals surface area contributed by atoms with Crippen molar-refractivity contribution in [2.24, 2.45) is 5.73 Å². The Morgan fingerprint density at radius 1 is 0.371 bits per heavy atom. The molecule has 5 N–H and O–H groups in total. The summed E-state index contributed by atoms with van der Waals surface area (Å²) in [5.74, 6) is -1.80. The van der Waals surface area contributed by atoms with Crippen molar-refractivity contribution >= 4 is 62.3 Å². The first kappa shape index (κ1) is 96.7. The zero-order chi connectivity index (χ0) is 98.4. The van der Waals surface area contributed by atoms with Gasteiger partial charge in [-0.2, -0.15) is 0 Å². The molecule has 0 unspecified atom stereocenters. The fourth-order valence-corrected chi connectivity index (χ4v) is 18.1. The van der Waals surface area contributed by atoms with E-state index < -0.39 is 35.2 Å². The van der Waals surface area contributed by atoms with Gasteiger partial charge in [0.25, 0.3) is 27.8 Å². The van der Waals surface area contributed by atoms with Crippen LogP contribution in [0.5, 0.6) is 23.0 Å². The van der Waals surface area contributed by atoms with Gasteiger partial charge in [0.05, 0.1) is 103 Å². The normalized spacial score (nSPS) is 16.3. The first-order valence-electron chi connectivity index (χ1n) is 46.1. The topological polar surface area (TPSA) is 319 Å². The summed E-state index contributed by atoms with van der Waals surface area (Å²) < 4.78 is 99.5. The number of aliphatic hydroxyl groups is 1. The van der Waals surface area contributed by atoms with E-state index in [-0.39, 0.29) is 68.5 Å². The number of anilines is 5. The van der Waals surface area contributed by atoms with Crippen molar-refractivity contribution < 1.29 is 46.0 Å². The number of nitrogens with two attached hydrogens (primary N) is 1. The molecular weight excluding hydrogens is 1800 g/mol. The van der Waals surface area contributed by atoms with Gasteiger partial charge < -0.3 is 79.1 Å². The van der Waals surface area contributed by atoms with Crippen LogP contribution in [0, 0.1) is 36.0 Å². The van der Waals surface area contributed by atoms with E-state index in [4.69, 9.17) is 24.7 Å². The largest absolute Gasteiger partial charge is 0.494 e. The van der Waals surface area contributed by atoms with Crippen molar-refractivity contribution in [2.75, 3.05) is 167 Å². The summed E-state index contributed by atoms with van der Waals surface area (Å²) in [6.45, 7) is 12.2. The number of hydrogen-bond acceptors (Lipinski definition) is 26. The zero-order valence-electron chi connectivity index (χ0n) is 79.2. The number of aromatic nitrogens is 12. The molecule has 0 amide bonds. The van der Waals surface area contributed by atoms with Gasteiger partial charge >= 0.3 is 0 Å². The molecule has 0 bridgehead atoms. The molecule has 0 saturated carbocycles. The molecule has 140 heavy (non-hydrogen) atoms. The number of likely N-dealkylation sites (N-methyl/N-ethyl adjacent to an activating group) is 2. The van der Waals surface area contributed by atoms with Gasteiger partial charge in [-0.05, 0) is 214 Å². The minimum absolute atomic E-state index is 0.0351. The molecule has 32 nitrogen and oxygen atoms in total. The van der Waals surface area contributed by atoms with Gasteiger partial charge in [-0.25, -0.2) is 51.9 Å². The summed E-state index contributed by atoms with van der Waals surface area (Å²) in [7, 11) is 15.7. The predicted octanol–water partition coefficient (Wildman–Crippen LogP) is 11.3. The highest BCUT2D eigenvalue weighted by Gasteiger charge is 2.34. The maximum Gasteiger partial charge on any atom is 0.258 e. The van der Waals surface area contributed by atoms with Gasteiger partial charge in [-0.3, -0.25) is 46.0 Å². The molecule has 0 aliphatic carbocycles. The number of piperidine rings is 2. The quantitative estimate of drug-likeness (QED) is 0.0615. The number of nitrogens with one attached hydrogen (secondary N) is 2. The van der Waals surface area contributed by atoms with Crippen LogP contribution in [-0.2, 0) is 0 Å². The van der Waals surface area contributed by atoms with Crippen molar-refractivity contribution in [2.45, 2.75) is 69.3 Å². The molecule has 5 saturated heterocycles. The molecule has 5 aliphatic heterocycles. The van der Waals surface area contributed by atoms with E-state index in [1.54, 1.807) is 68.3 Å². The number of ether oxygens (including phenoxy) is 4. The van der Waals surface area contributed by atoms with E-state index in [1.165, 1.54) is 127 Å². The number of rotatable bonds is 17. The summed E-state index contributed by atoms with van der Waals surface area (Å²) in [4.78, 5) is 106. The highest BCUT2D eigenvalue weighted by Crippen LogP contribution is 2.34. The number of pyridine rings is 6. The average molecular weight is 1910 g/mol. The lowest BCUT2D eigenvalue weighted by molar-refractivity contribution is 0.114. The molecule has 12 aromatic heterocycles. The highest BCUT2D eigenvalue weighted by atomic mass is 19.1. The number of nitrogens with zero attached hydrogens (tertiary/aromatic N) is 19. The molecule has 3 atom stereocenters. The fraction of sp³-hybridized carbons (Fsp3) is 0.311. The predicted molar refractivity (Wildman–Crippen MR) is 533 cm³/mol. The van der Waals surface area contributed by atoms with Gasteiger partial charge in [-0.1, -0.05) is 0 Å². The standard InChI is InChI=1S/C21H23FN4O3.2C21H23FN4O2.C20H19FN6O.C20H21FN4O2/c1-24(2)17-11-25(12-18(17)27)14-5-7-20-23-16(9-21(28)26(20)10-14)13-4-6-19(29-3)15(22)8-13;1-24(2)15-8-9-25(12-15)16-5-7-20-23-18(11-21(27)26(20)13-16)14-4-6-19(28-3)17(22)10-14;1-23-15-7-9-25(10-8-15)16-4-6-20-24-18(12-21(27)26(20)13-16)14-3-5-19(28-2)17(22)11-14;1-13-10-26-11-14(8-16(21)20(26)23-13)17-9-19(28)27-12-15(2-3-18(27)24-17)25-6-4-22-5-7-25;1-27-18-4-2-13(10-16(18)21)17-11-20(26)25-12-15(3-5-19(25)23-17)24-8-6-14(22)7-9-24/h4-10,17-18,27H,11-12H2,1-3H3;4-7,10-11,13,15H,8-9,12H2,1-3H3;3-6,11-13,15,23H,7-10H2,1-2H3;2-3,8-12,22H,4-7H2,1H3;2-5,10-12,14H,6-9,22H2,1H3/t17-,18-;15-;;;/m10.../s1. The van der Waals surface area contributed by atoms with Crippen LogP contribution in [0.25, 0.3) is 90.2 Å². The average Bonchev–Trinajstić information content (AvgIpc) is 1.65. The first-order chi connectivity index (χ1) is 67.5. The second kappa shape index (κ2) is 42.1. The maximum absolute atomic E-state index is 14.4. The van der Waals surface area contributed by atoms with E-state index in [1.807, 2.05) is 111 Å². The van der Waals surface area contributed by atoms with Crippen molar-refractivity contribution in [1.29, 1.82) is 0 Å². The summed E-state index contributed by atoms with van der Waals surface area (Å²) in [5.41, 5.74) is 18.1. The molecule has 5 aliphatic rings. The van der Waals surface area contributed by atoms with Crippen molar-refractivity contribution in [3.63, 3.8) is 0 Å². The number of aryl methyl sites for hydroxylation is 1. The zero-order valence-corrected chi connectivity index (χ0v) is 79.2. The first-order valence-corrected chi connectivity index (χ1v) is 46.1. The second-order valence-electron chi connectivity index (χ2n) is 35.5. The summed E-state index contributed by atoms with van der Waals surface area (Å²) >= 11 is 0. The Balaban J connectivity index is 0.000000121. The van der Waals surface area contributed by atoms with Crippen LogP contribution in [0.1, 0.15) is 37.8 Å². The number of methoxy groups -OCH3 is 4. The minimum atomic E-state index is -0.509. The van der Waals surface area contributed by atoms with E-state index in [0.717, 1.165) is 132 Å². The highest BCUT2D eigenvalue weighted by molar-refractivity contribution is 5.70. The lowest BCUT2D eigenvalue weighted by Crippen LogP contribution is -2.43. The van der Waals surface area contributed by atoms with Gasteiger partial charge in [-0.15, -0.1) is 0 Å². The Kier molecular flexibility index (Phi) is 29.1. The van der Waals surface area contributed by atoms with Crippen LogP contribution in [0.2, 0.25) is 0 Å². The number of benzene rings is 4. The number of fused-ring (bicyclic) bond motifs is 6. The monoisotopic (exact) mass is 1910 g/mol. The van der Waals surface area contributed by atoms with Crippen LogP contribution >= 0.6 is 0 Å². The van der Waals surface area contributed by atoms with Crippen LogP contribution in [-0.4, -0.2) is 244 Å². The van der Waals surface area contributed by atoms with E-state index in [9.17, 15) is 51.0 Å². The second-order valence-corrected chi connectivity index (χ2v) is 35.5. The summed E-state index contributed by atoms with van der Waals surface area (Å²) in [6, 6.07) is 46.8. The van der Waals surface area contributed by atoms with Gasteiger partial charge in [0.2, 0.25) is 0 Å². The third-order valence-corrected chi connectivity index (χ3v) is 26.1. The van der Waals surface area contributed by atoms with Crippen LogP contribution < -0.4 is 87.6 Å². The SMILES string of the molecule is CNC1CCN(c2ccc3nc(-c4ccc(OC)c(F)c4)cc(=O)n3c2)CC1.COc1ccc(-c2cc(=O)n3cc(N4CCC(N)CC4)ccc3n2)cc1F.COc1ccc(-c2cc(=O)n3cc(N4CC[C@H](N(C)C)C4)ccc3n2)cc1F.COc1ccc(-c2cc(=O)n3cc(N4C[C@@H](O)[C@H](N(C)C)C4)ccc3n2)cc1F.Cc1cn2cc(-c3cc(=O)n4cc(N5CCNCC5)ccc4n3)cc(F)c2n1. The molecular formula is C103H109F5N22O10. The molecule has 726 valence electrons. The third kappa shape index (κ3) is 21.3. The number of aliphatic hydroxyl groups excluding tert-OH is 1. The van der Waals surface area contributed by atoms with Crippen molar-refractivity contribution in [3.8, 4) is 79.3 Å². The Morgan fingerprint density at radius 3 is 1.03 bits per heavy atom. The maximum atomic E-state index is 14.4. The minimum Gasteiger partial charge on any atom is -0.494 e. The smallest absolute Gasteiger partial charge is 0.258 e.